The number of pyridine rings is 4. The molecule has 0 aliphatic carbocycles. The van der Waals surface area contributed by atoms with Crippen molar-refractivity contribution in [2.45, 2.75) is 0 Å². The van der Waals surface area contributed by atoms with Gasteiger partial charge in [-0.1, -0.05) is 249 Å². The van der Waals surface area contributed by atoms with Gasteiger partial charge in [0.2, 0.25) is 0 Å². The Morgan fingerprint density at radius 2 is 0.566 bits per heavy atom. The van der Waals surface area contributed by atoms with Crippen molar-refractivity contribution >= 4 is 183 Å². The second kappa shape index (κ2) is 29.8. The molecule has 136 heavy (non-hydrogen) atoms. The Hall–Kier alpha value is -18.0. The Balaban J connectivity index is 0.0000000879. The van der Waals surface area contributed by atoms with E-state index in [0.29, 0.717) is 0 Å². The number of aromatic nitrogens is 6. The number of fused-ring (bicyclic) bond motifs is 44. The first-order valence-corrected chi connectivity index (χ1v) is 45.9. The summed E-state index contributed by atoms with van der Waals surface area (Å²) in [6.45, 7) is 0. The first-order chi connectivity index (χ1) is 67.5. The number of benzene rings is 16. The van der Waals surface area contributed by atoms with Crippen LogP contribution in [0.5, 0.6) is 23.0 Å². The molecule has 0 radical (unpaired) electrons. The molecule has 0 bridgehead atoms. The van der Waals surface area contributed by atoms with Crippen LogP contribution in [0.15, 0.2) is 434 Å². The van der Waals surface area contributed by atoms with Crippen molar-refractivity contribution in [1.82, 2.24) is 29.1 Å². The van der Waals surface area contributed by atoms with Gasteiger partial charge in [0.25, 0.3) is 0 Å². The summed E-state index contributed by atoms with van der Waals surface area (Å²) in [4.78, 5) is 28.6. The third-order valence-electron chi connectivity index (χ3n) is 27.9. The molecule has 0 saturated heterocycles. The number of nitrogens with zero attached hydrogens (tertiary/aromatic N) is 10. The van der Waals surface area contributed by atoms with E-state index in [-0.39, 0.29) is 28.2 Å². The largest absolute Gasteiger partial charge is 0.536 e. The van der Waals surface area contributed by atoms with E-state index in [4.69, 9.17) is 47.4 Å². The van der Waals surface area contributed by atoms with E-state index in [0.717, 1.165) is 213 Å². The summed E-state index contributed by atoms with van der Waals surface area (Å²) in [6, 6.07) is 141. The van der Waals surface area contributed by atoms with Gasteiger partial charge in [0.05, 0.1) is 96.0 Å². The van der Waals surface area contributed by atoms with Crippen LogP contribution in [0.1, 0.15) is 0 Å². The van der Waals surface area contributed by atoms with E-state index in [1.54, 1.807) is 0 Å². The number of rotatable bonds is 4. The highest BCUT2D eigenvalue weighted by Gasteiger charge is 2.50. The topological polar surface area (TPSA) is 138 Å². The third-order valence-corrected chi connectivity index (χ3v) is 27.9. The van der Waals surface area contributed by atoms with Gasteiger partial charge in [0, 0.05) is 113 Å². The van der Waals surface area contributed by atoms with Gasteiger partial charge in [-0.3, -0.25) is 15.0 Å². The van der Waals surface area contributed by atoms with Crippen LogP contribution in [0.25, 0.3) is 166 Å². The Kier molecular flexibility index (Phi) is 16.6. The first-order valence-electron chi connectivity index (χ1n) is 45.9. The molecule has 16 nitrogen and oxygen atoms in total. The van der Waals surface area contributed by atoms with Crippen LogP contribution in [0.3, 0.4) is 0 Å². The number of anilines is 8. The van der Waals surface area contributed by atoms with Crippen molar-refractivity contribution in [3.05, 3.63) is 425 Å². The smallest absolute Gasteiger partial charge is 0.525 e. The molecule has 0 amide bonds. The Morgan fingerprint density at radius 3 is 1.09 bits per heavy atom. The predicted molar refractivity (Wildman–Crippen MR) is 551 cm³/mol. The van der Waals surface area contributed by atoms with Crippen molar-refractivity contribution in [2.75, 3.05) is 19.2 Å². The Morgan fingerprint density at radius 1 is 0.213 bits per heavy atom. The van der Waals surface area contributed by atoms with E-state index in [1.165, 1.54) is 43.6 Å². The molecule has 0 atom stereocenters. The van der Waals surface area contributed by atoms with E-state index in [9.17, 15) is 0 Å². The van der Waals surface area contributed by atoms with E-state index < -0.39 is 0 Å². The summed E-state index contributed by atoms with van der Waals surface area (Å²) in [5, 5.41) is 9.52. The van der Waals surface area contributed by atoms with Crippen LogP contribution in [0.4, 0.5) is 45.5 Å². The summed E-state index contributed by atoms with van der Waals surface area (Å²) in [5.74, 6) is 3.56. The molecule has 8 aromatic heterocycles. The van der Waals surface area contributed by atoms with Crippen LogP contribution in [-0.4, -0.2) is 57.3 Å². The minimum absolute atomic E-state index is 0.187. The van der Waals surface area contributed by atoms with Crippen molar-refractivity contribution in [3.8, 4) is 102 Å². The lowest BCUT2D eigenvalue weighted by Crippen LogP contribution is -2.50. The maximum Gasteiger partial charge on any atom is 0.525 e. The highest BCUT2D eigenvalue weighted by Crippen LogP contribution is 2.54. The summed E-state index contributed by atoms with van der Waals surface area (Å²) in [5.41, 5.74) is 36.1. The van der Waals surface area contributed by atoms with Crippen LogP contribution in [0, 0.1) is 0 Å². The number of hydrogen-bond donors (Lipinski definition) is 0. The Labute approximate surface area is 780 Å². The molecule has 8 aliphatic rings. The highest BCUT2D eigenvalue weighted by molar-refractivity contribution is 6.79. The van der Waals surface area contributed by atoms with Gasteiger partial charge in [0.15, 0.2) is 0 Å². The molecule has 32 rings (SSSR count). The molecule has 632 valence electrons. The van der Waals surface area contributed by atoms with Crippen LogP contribution in [-0.2, 0) is 0 Å². The summed E-state index contributed by atoms with van der Waals surface area (Å²) < 4.78 is 43.3. The maximum atomic E-state index is 6.64. The van der Waals surface area contributed by atoms with Gasteiger partial charge in [-0.25, -0.2) is 4.98 Å². The molecule has 16 aromatic carbocycles. The summed E-state index contributed by atoms with van der Waals surface area (Å²) in [7, 11) is -0.791. The lowest BCUT2D eigenvalue weighted by molar-refractivity contribution is 0.602. The van der Waals surface area contributed by atoms with Gasteiger partial charge >= 0.3 is 28.2 Å². The minimum Gasteiger partial charge on any atom is -0.536 e. The number of furan rings is 2. The third kappa shape index (κ3) is 11.3. The van der Waals surface area contributed by atoms with Gasteiger partial charge < -0.3 is 55.8 Å². The van der Waals surface area contributed by atoms with Crippen LogP contribution < -0.4 is 59.7 Å². The fraction of sp³-hybridized carbons (Fsp3) is 0. The van der Waals surface area contributed by atoms with E-state index in [1.807, 2.05) is 97.5 Å². The van der Waals surface area contributed by atoms with Crippen LogP contribution >= 0.6 is 0 Å². The molecule has 0 spiro atoms. The zero-order valence-corrected chi connectivity index (χ0v) is 72.6. The standard InChI is InChI=1S/2C29H18BN3O.2C29H17BN2O2/c1-4-11-23-22(10-1)29-27(14-7-17-31-29)33-26-16-15-19(18-28(26)34-30(23)33)32-24-12-5-2-8-20(24)21-9-3-6-13-25(21)32;1-4-11-23-22(10-1)29-26(14-7-17-31-29)33-27-18-19(15-16-28(27)34-30(23)33)32-24-12-5-2-8-20(24)21-9-3-6-13-25(21)32;1-3-12-22-20(9-1)28-25(32-24-13-4-6-15-27(24)34-30(22)32)17-16-23(31-28)21-11-7-10-19-18-8-2-5-14-26(18)33-29(19)21;1-3-12-26-20(7-1)21-9-5-8-19(29(21)33-26)18-14-15-23-22(17-18)28-25(11-6-16-31-28)32-24-10-2-4-13-27(24)34-30(23)32/h2*1-18H;2*1-17H. The molecule has 0 saturated carbocycles. The average Bonchev–Trinajstić information content (AvgIpc) is 1.55. The van der Waals surface area contributed by atoms with Crippen molar-refractivity contribution in [3.63, 3.8) is 0 Å². The normalized spacial score (nSPS) is 13.4. The number of para-hydroxylation sites is 12. The monoisotopic (exact) mass is 1740 g/mol. The molecule has 8 aliphatic heterocycles. The molecule has 0 fully saturated rings. The molecule has 0 unspecified atom stereocenters. The lowest BCUT2D eigenvalue weighted by Gasteiger charge is -2.30. The first kappa shape index (κ1) is 75.8. The zero-order valence-electron chi connectivity index (χ0n) is 72.6. The minimum atomic E-state index is -0.208. The lowest BCUT2D eigenvalue weighted by atomic mass is 9.65. The van der Waals surface area contributed by atoms with Crippen LogP contribution in [0.2, 0.25) is 0 Å². The second-order valence-corrected chi connectivity index (χ2v) is 35.1. The molecule has 24 aromatic rings. The fourth-order valence-electron chi connectivity index (χ4n) is 22.1. The highest BCUT2D eigenvalue weighted by atomic mass is 16.5. The SMILES string of the molecule is c1ccc2c(c1)B1Oc3cc(-n4c5ccccc5c5ccccc54)ccc3N1c1cccnc1-2.c1ccc2c(c1)B1Oc3ccc(-n4c5ccccc5c5ccccc54)cc3N1c1cccnc1-2.c1ccc2c(c1)OB1c3ccc(-c4cccc5c4oc4ccccc45)cc3-c3ncccc3N12.c1ccc2c(c1)OB1c3ccccc3-c3nc(-c4cccc5c4oc4ccccc45)ccc3N12. The molecular weight excluding hydrogens is 1670 g/mol. The van der Waals surface area contributed by atoms with Gasteiger partial charge in [0.1, 0.15) is 45.3 Å². The summed E-state index contributed by atoms with van der Waals surface area (Å²) in [6.07, 6.45) is 5.58. The van der Waals surface area contributed by atoms with E-state index >= 15 is 0 Å². The predicted octanol–water partition coefficient (Wildman–Crippen LogP) is 25.3. The zero-order chi connectivity index (χ0) is 88.9. The average molecular weight is 1740 g/mol. The molecular formula is C116H70B4N10O6. The van der Waals surface area contributed by atoms with Gasteiger partial charge in [-0.15, -0.1) is 0 Å². The van der Waals surface area contributed by atoms with Gasteiger partial charge in [-0.2, -0.15) is 0 Å². The van der Waals surface area contributed by atoms with Gasteiger partial charge in [-0.05, 0) is 179 Å². The van der Waals surface area contributed by atoms with Crippen molar-refractivity contribution < 1.29 is 27.5 Å². The quantitative estimate of drug-likeness (QED) is 0.155. The second-order valence-electron chi connectivity index (χ2n) is 35.1. The van der Waals surface area contributed by atoms with E-state index in [2.05, 4.69) is 356 Å². The summed E-state index contributed by atoms with van der Waals surface area (Å²) >= 11 is 0. The maximum absolute atomic E-state index is 6.64. The molecule has 0 N–H and O–H groups in total. The number of hydrogen-bond acceptors (Lipinski definition) is 14. The van der Waals surface area contributed by atoms with Crippen molar-refractivity contribution in [1.29, 1.82) is 0 Å². The van der Waals surface area contributed by atoms with Crippen molar-refractivity contribution in [2.24, 2.45) is 0 Å². The molecule has 20 heteroatoms. The molecule has 16 heterocycles. The Bertz CT molecular complexity index is 9050. The fourth-order valence-corrected chi connectivity index (χ4v) is 22.1.